The van der Waals surface area contributed by atoms with Crippen LogP contribution in [-0.4, -0.2) is 5.54 Å². The van der Waals surface area contributed by atoms with Crippen LogP contribution in [0.15, 0.2) is 42.5 Å². The molecule has 2 heteroatoms. The van der Waals surface area contributed by atoms with Crippen LogP contribution in [0.4, 0.5) is 0 Å². The van der Waals surface area contributed by atoms with Gasteiger partial charge in [-0.25, -0.2) is 0 Å². The molecule has 0 bridgehead atoms. The zero-order valence-corrected chi connectivity index (χ0v) is 17.8. The van der Waals surface area contributed by atoms with E-state index in [1.807, 2.05) is 0 Å². The summed E-state index contributed by atoms with van der Waals surface area (Å²) in [6.07, 6.45) is 12.1. The molecule has 0 heterocycles. The molecule has 2 aromatic carbocycles. The molecule has 1 nitrogen and oxygen atoms in total. The molecule has 0 spiro atoms. The Morgan fingerprint density at radius 3 is 2.04 bits per heavy atom. The van der Waals surface area contributed by atoms with Crippen molar-refractivity contribution in [3.05, 3.63) is 48.0 Å². The van der Waals surface area contributed by atoms with Gasteiger partial charge in [-0.1, -0.05) is 101 Å². The van der Waals surface area contributed by atoms with Gasteiger partial charge in [0, 0.05) is 11.5 Å². The van der Waals surface area contributed by atoms with Crippen LogP contribution in [0, 0.1) is 0 Å². The van der Waals surface area contributed by atoms with Crippen LogP contribution in [0.2, 0.25) is 0 Å². The Labute approximate surface area is 167 Å². The van der Waals surface area contributed by atoms with Gasteiger partial charge in [0.25, 0.3) is 0 Å². The van der Waals surface area contributed by atoms with Crippen LogP contribution < -0.4 is 5.73 Å². The summed E-state index contributed by atoms with van der Waals surface area (Å²) < 4.78 is 0. The molecule has 0 aromatic heterocycles. The number of rotatable bonds is 11. The molecular formula is C24H38ClN. The Morgan fingerprint density at radius 2 is 1.38 bits per heavy atom. The average molecular weight is 376 g/mol. The average Bonchev–Trinajstić information content (AvgIpc) is 2.59. The fourth-order valence-corrected chi connectivity index (χ4v) is 3.96. The third kappa shape index (κ3) is 6.93. The van der Waals surface area contributed by atoms with Crippen LogP contribution in [0.1, 0.15) is 90.0 Å². The van der Waals surface area contributed by atoms with E-state index in [0.717, 1.165) is 0 Å². The molecule has 0 saturated heterocycles. The van der Waals surface area contributed by atoms with Gasteiger partial charge in [-0.3, -0.25) is 0 Å². The highest BCUT2D eigenvalue weighted by molar-refractivity contribution is 5.86. The number of benzene rings is 2. The molecule has 2 rings (SSSR count). The van der Waals surface area contributed by atoms with Gasteiger partial charge in [0.15, 0.2) is 0 Å². The quantitative estimate of drug-likeness (QED) is 0.401. The smallest absolute Gasteiger partial charge is 0.0166 e. The van der Waals surface area contributed by atoms with Crippen molar-refractivity contribution in [1.82, 2.24) is 0 Å². The normalized spacial score (nSPS) is 12.8. The number of halogens is 1. The maximum atomic E-state index is 6.60. The topological polar surface area (TPSA) is 26.0 Å². The summed E-state index contributed by atoms with van der Waals surface area (Å²) in [5.74, 6) is 0.415. The number of unbranched alkanes of at least 4 members (excludes halogenated alkanes) is 7. The van der Waals surface area contributed by atoms with Gasteiger partial charge >= 0.3 is 0 Å². The molecule has 146 valence electrons. The van der Waals surface area contributed by atoms with E-state index in [2.05, 4.69) is 63.2 Å². The van der Waals surface area contributed by atoms with Gasteiger partial charge in [-0.2, -0.15) is 0 Å². The largest absolute Gasteiger partial charge is 0.325 e. The summed E-state index contributed by atoms with van der Waals surface area (Å²) in [6, 6.07) is 15.4. The van der Waals surface area contributed by atoms with E-state index >= 15 is 0 Å². The molecular weight excluding hydrogens is 338 g/mol. The van der Waals surface area contributed by atoms with Crippen molar-refractivity contribution in [3.8, 4) is 0 Å². The van der Waals surface area contributed by atoms with E-state index in [1.165, 1.54) is 74.1 Å². The van der Waals surface area contributed by atoms with Crippen LogP contribution in [0.25, 0.3) is 10.8 Å². The molecule has 0 radical (unpaired) electrons. The Morgan fingerprint density at radius 1 is 0.808 bits per heavy atom. The van der Waals surface area contributed by atoms with Crippen molar-refractivity contribution in [1.29, 1.82) is 0 Å². The molecule has 0 amide bonds. The Balaban J connectivity index is 0.00000338. The predicted octanol–water partition coefficient (Wildman–Crippen LogP) is 7.61. The van der Waals surface area contributed by atoms with Crippen LogP contribution in [0.3, 0.4) is 0 Å². The number of nitrogens with two attached hydrogens (primary N) is 1. The number of hydrogen-bond donors (Lipinski definition) is 1. The second-order valence-corrected chi connectivity index (χ2v) is 8.21. The minimum absolute atomic E-state index is 0. The molecule has 2 aromatic rings. The van der Waals surface area contributed by atoms with E-state index in [0.29, 0.717) is 5.92 Å². The highest BCUT2D eigenvalue weighted by atomic mass is 35.5. The molecule has 26 heavy (non-hydrogen) atoms. The summed E-state index contributed by atoms with van der Waals surface area (Å²) in [6.45, 7) is 6.65. The zero-order chi connectivity index (χ0) is 18.1. The lowest BCUT2D eigenvalue weighted by atomic mass is 9.77. The van der Waals surface area contributed by atoms with Crippen molar-refractivity contribution < 1.29 is 0 Å². The molecule has 1 unspecified atom stereocenters. The van der Waals surface area contributed by atoms with Crippen molar-refractivity contribution >= 4 is 23.2 Å². The Kier molecular flexibility index (Phi) is 10.3. The zero-order valence-electron chi connectivity index (χ0n) is 17.0. The van der Waals surface area contributed by atoms with E-state index in [4.69, 9.17) is 5.73 Å². The molecule has 0 fully saturated rings. The van der Waals surface area contributed by atoms with Crippen molar-refractivity contribution in [2.45, 2.75) is 90.0 Å². The molecule has 0 aliphatic carbocycles. The monoisotopic (exact) mass is 375 g/mol. The van der Waals surface area contributed by atoms with Crippen molar-refractivity contribution in [2.75, 3.05) is 0 Å². The highest BCUT2D eigenvalue weighted by Gasteiger charge is 2.27. The first-order valence-electron chi connectivity index (χ1n) is 10.3. The van der Waals surface area contributed by atoms with Gasteiger partial charge in [0.05, 0.1) is 0 Å². The molecule has 0 saturated carbocycles. The van der Waals surface area contributed by atoms with Gasteiger partial charge in [0.2, 0.25) is 0 Å². The predicted molar refractivity (Wildman–Crippen MR) is 119 cm³/mol. The van der Waals surface area contributed by atoms with E-state index in [1.54, 1.807) is 0 Å². The summed E-state index contributed by atoms with van der Waals surface area (Å²) >= 11 is 0. The minimum atomic E-state index is -0.189. The maximum absolute atomic E-state index is 6.60. The Bertz CT molecular complexity index is 624. The fraction of sp³-hybridized carbons (Fsp3) is 0.583. The van der Waals surface area contributed by atoms with Gasteiger partial charge in [0.1, 0.15) is 0 Å². The van der Waals surface area contributed by atoms with Gasteiger partial charge in [-0.05, 0) is 36.6 Å². The lowest BCUT2D eigenvalue weighted by molar-refractivity contribution is 0.378. The Hall–Kier alpha value is -1.05. The lowest BCUT2D eigenvalue weighted by Crippen LogP contribution is -2.39. The minimum Gasteiger partial charge on any atom is -0.325 e. The third-order valence-corrected chi connectivity index (χ3v) is 5.44. The van der Waals surface area contributed by atoms with E-state index in [-0.39, 0.29) is 17.9 Å². The van der Waals surface area contributed by atoms with E-state index < -0.39 is 0 Å². The first kappa shape index (κ1) is 23.0. The summed E-state index contributed by atoms with van der Waals surface area (Å²) in [5.41, 5.74) is 7.83. The lowest BCUT2D eigenvalue weighted by Gasteiger charge is -2.32. The molecule has 1 atom stereocenters. The van der Waals surface area contributed by atoms with Crippen molar-refractivity contribution in [3.63, 3.8) is 0 Å². The van der Waals surface area contributed by atoms with Crippen LogP contribution >= 0.6 is 12.4 Å². The molecule has 0 aliphatic rings. The third-order valence-electron chi connectivity index (χ3n) is 5.44. The first-order valence-corrected chi connectivity index (χ1v) is 10.3. The van der Waals surface area contributed by atoms with E-state index in [9.17, 15) is 0 Å². The number of hydrogen-bond acceptors (Lipinski definition) is 1. The van der Waals surface area contributed by atoms with Gasteiger partial charge in [-0.15, -0.1) is 12.4 Å². The standard InChI is InChI=1S/C24H37N.ClH/c1-4-5-6-7-8-9-10-11-19-23(24(2,3)25)22-18-14-16-20-15-12-13-17-21(20)22;/h12-18,23H,4-11,19,25H2,1-3H3;1H. The summed E-state index contributed by atoms with van der Waals surface area (Å²) in [5, 5.41) is 2.69. The second-order valence-electron chi connectivity index (χ2n) is 8.21. The van der Waals surface area contributed by atoms with Crippen molar-refractivity contribution in [2.24, 2.45) is 5.73 Å². The first-order chi connectivity index (χ1) is 12.0. The maximum Gasteiger partial charge on any atom is 0.0166 e. The summed E-state index contributed by atoms with van der Waals surface area (Å²) in [4.78, 5) is 0. The number of fused-ring (bicyclic) bond motifs is 1. The fourth-order valence-electron chi connectivity index (χ4n) is 3.96. The molecule has 2 N–H and O–H groups in total. The second kappa shape index (κ2) is 11.6. The highest BCUT2D eigenvalue weighted by Crippen LogP contribution is 2.35. The van der Waals surface area contributed by atoms with Crippen LogP contribution in [0.5, 0.6) is 0 Å². The summed E-state index contributed by atoms with van der Waals surface area (Å²) in [7, 11) is 0. The molecule has 0 aliphatic heterocycles. The van der Waals surface area contributed by atoms with Gasteiger partial charge < -0.3 is 5.73 Å². The van der Waals surface area contributed by atoms with Crippen LogP contribution in [-0.2, 0) is 0 Å². The SMILES string of the molecule is CCCCCCCCCCC(c1cccc2ccccc12)C(C)(C)N.Cl.